The van der Waals surface area contributed by atoms with Gasteiger partial charge < -0.3 is 16.0 Å². The molecule has 1 unspecified atom stereocenters. The summed E-state index contributed by atoms with van der Waals surface area (Å²) in [6.07, 6.45) is 2.62. The molecule has 2 aromatic rings. The molecule has 2 amide bonds. The summed E-state index contributed by atoms with van der Waals surface area (Å²) in [6, 6.07) is 10.9. The van der Waals surface area contributed by atoms with Crippen molar-refractivity contribution in [3.05, 3.63) is 46.7 Å². The topological polar surface area (TPSA) is 70.2 Å². The maximum Gasteiger partial charge on any atom is 0.265 e. The van der Waals surface area contributed by atoms with Gasteiger partial charge in [0.05, 0.1) is 10.4 Å². The maximum atomic E-state index is 12.6. The lowest BCUT2D eigenvalue weighted by Gasteiger charge is -2.26. The van der Waals surface area contributed by atoms with E-state index in [1.807, 2.05) is 36.6 Å². The summed E-state index contributed by atoms with van der Waals surface area (Å²) >= 11 is 1.39. The molecule has 0 radical (unpaired) electrons. The summed E-state index contributed by atoms with van der Waals surface area (Å²) in [7, 11) is 0. The van der Waals surface area contributed by atoms with Crippen molar-refractivity contribution >= 4 is 46.9 Å². The molecule has 1 aliphatic rings. The van der Waals surface area contributed by atoms with Crippen LogP contribution in [0.5, 0.6) is 0 Å². The molecule has 1 aliphatic heterocycles. The number of hydrogen-bond acceptors (Lipinski definition) is 4. The summed E-state index contributed by atoms with van der Waals surface area (Å²) in [4.78, 5) is 25.4. The third-order valence-electron chi connectivity index (χ3n) is 4.41. The predicted octanol–water partition coefficient (Wildman–Crippen LogP) is 3.89. The van der Waals surface area contributed by atoms with E-state index in [0.717, 1.165) is 25.8 Å². The van der Waals surface area contributed by atoms with Crippen LogP contribution >= 0.6 is 23.7 Å². The zero-order valence-electron chi connectivity index (χ0n) is 14.0. The molecule has 134 valence electrons. The fourth-order valence-corrected chi connectivity index (χ4v) is 3.61. The first-order valence-electron chi connectivity index (χ1n) is 8.14. The van der Waals surface area contributed by atoms with Crippen molar-refractivity contribution in [3.63, 3.8) is 0 Å². The van der Waals surface area contributed by atoms with Crippen LogP contribution in [-0.2, 0) is 4.79 Å². The minimum atomic E-state index is -0.476. The molecular weight excluding hydrogens is 358 g/mol. The number of anilines is 2. The average molecular weight is 380 g/mol. The third kappa shape index (κ3) is 4.39. The van der Waals surface area contributed by atoms with E-state index in [2.05, 4.69) is 16.0 Å². The Bertz CT molecular complexity index is 728. The molecule has 2 heterocycles. The van der Waals surface area contributed by atoms with Crippen molar-refractivity contribution < 1.29 is 9.59 Å². The molecule has 1 aromatic carbocycles. The van der Waals surface area contributed by atoms with Crippen molar-refractivity contribution in [1.82, 2.24) is 5.32 Å². The molecule has 0 bridgehead atoms. The maximum absolute atomic E-state index is 12.6. The molecule has 1 fully saturated rings. The Balaban J connectivity index is 0.00000225. The smallest absolute Gasteiger partial charge is 0.265 e. The number of carbonyl (C=O) groups excluding carboxylic acids is 2. The molecular formula is C18H22ClN3O2S. The van der Waals surface area contributed by atoms with Gasteiger partial charge in [0.15, 0.2) is 0 Å². The normalized spacial score (nSPS) is 19.1. The van der Waals surface area contributed by atoms with Crippen LogP contribution < -0.4 is 16.0 Å². The van der Waals surface area contributed by atoms with E-state index in [-0.39, 0.29) is 24.2 Å². The number of rotatable bonds is 5. The first-order chi connectivity index (χ1) is 11.6. The van der Waals surface area contributed by atoms with Gasteiger partial charge >= 0.3 is 0 Å². The van der Waals surface area contributed by atoms with Crippen molar-refractivity contribution in [3.8, 4) is 0 Å². The van der Waals surface area contributed by atoms with E-state index >= 15 is 0 Å². The summed E-state index contributed by atoms with van der Waals surface area (Å²) in [6.45, 7) is 2.90. The monoisotopic (exact) mass is 379 g/mol. The fraction of sp³-hybridized carbons (Fsp3) is 0.333. The van der Waals surface area contributed by atoms with Gasteiger partial charge in [0.25, 0.3) is 5.91 Å². The lowest BCUT2D eigenvalue weighted by molar-refractivity contribution is -0.122. The molecule has 0 saturated carbocycles. The number of amides is 2. The van der Waals surface area contributed by atoms with E-state index in [0.29, 0.717) is 16.3 Å². The number of nitrogens with one attached hydrogen (secondary N) is 3. The van der Waals surface area contributed by atoms with Gasteiger partial charge in [0.2, 0.25) is 5.91 Å². The van der Waals surface area contributed by atoms with Crippen LogP contribution in [-0.4, -0.2) is 23.9 Å². The first kappa shape index (κ1) is 19.4. The second kappa shape index (κ2) is 8.47. The Hall–Kier alpha value is -1.89. The summed E-state index contributed by atoms with van der Waals surface area (Å²) < 4.78 is 0. The Labute approximate surface area is 157 Å². The average Bonchev–Trinajstić information content (AvgIpc) is 3.27. The van der Waals surface area contributed by atoms with Crippen LogP contribution in [0.2, 0.25) is 0 Å². The lowest BCUT2D eigenvalue weighted by atomic mass is 9.93. The van der Waals surface area contributed by atoms with Crippen LogP contribution in [0.25, 0.3) is 0 Å². The van der Waals surface area contributed by atoms with Crippen molar-refractivity contribution in [2.24, 2.45) is 0 Å². The highest BCUT2D eigenvalue weighted by atomic mass is 35.5. The number of hydrogen-bond donors (Lipinski definition) is 3. The van der Waals surface area contributed by atoms with Gasteiger partial charge in [-0.2, -0.15) is 0 Å². The minimum Gasteiger partial charge on any atom is -0.324 e. The molecule has 7 heteroatoms. The lowest BCUT2D eigenvalue weighted by Crippen LogP contribution is -2.50. The number of halogens is 1. The molecule has 1 aromatic heterocycles. The first-order valence-corrected chi connectivity index (χ1v) is 9.02. The van der Waals surface area contributed by atoms with Crippen LogP contribution in [0.15, 0.2) is 41.8 Å². The number of carbonyl (C=O) groups is 2. The van der Waals surface area contributed by atoms with Crippen molar-refractivity contribution in [2.75, 3.05) is 17.2 Å². The Morgan fingerprint density at radius 2 is 1.96 bits per heavy atom. The standard InChI is InChI=1S/C18H21N3O2S.ClH/c1-2-18(9-5-10-19-18)17(23)21-14-7-3-6-13(12-14)20-16(22)15-8-4-11-24-15;/h3-4,6-8,11-12,19H,2,5,9-10H2,1H3,(H,20,22)(H,21,23);1H. The van der Waals surface area contributed by atoms with Gasteiger partial charge in [0.1, 0.15) is 0 Å². The summed E-state index contributed by atoms with van der Waals surface area (Å²) in [5, 5.41) is 11.0. The highest BCUT2D eigenvalue weighted by molar-refractivity contribution is 7.12. The fourth-order valence-electron chi connectivity index (χ4n) is 2.99. The SMILES string of the molecule is CCC1(C(=O)Nc2cccc(NC(=O)c3cccs3)c2)CCCN1.Cl. The molecule has 1 saturated heterocycles. The second-order valence-electron chi connectivity index (χ2n) is 5.93. The number of thiophene rings is 1. The van der Waals surface area contributed by atoms with E-state index in [1.54, 1.807) is 12.1 Å². The Kier molecular flexibility index (Phi) is 6.58. The Morgan fingerprint density at radius 3 is 2.56 bits per heavy atom. The van der Waals surface area contributed by atoms with E-state index in [1.165, 1.54) is 11.3 Å². The van der Waals surface area contributed by atoms with Crippen molar-refractivity contribution in [2.45, 2.75) is 31.7 Å². The van der Waals surface area contributed by atoms with Gasteiger partial charge in [0, 0.05) is 11.4 Å². The molecule has 3 N–H and O–H groups in total. The molecule has 0 aliphatic carbocycles. The summed E-state index contributed by atoms with van der Waals surface area (Å²) in [5.41, 5.74) is 0.873. The largest absolute Gasteiger partial charge is 0.324 e. The summed E-state index contributed by atoms with van der Waals surface area (Å²) in [5.74, 6) is -0.153. The van der Waals surface area contributed by atoms with Crippen molar-refractivity contribution in [1.29, 1.82) is 0 Å². The molecule has 5 nitrogen and oxygen atoms in total. The molecule has 3 rings (SSSR count). The van der Waals surface area contributed by atoms with Gasteiger partial charge in [-0.05, 0) is 55.5 Å². The van der Waals surface area contributed by atoms with Crippen LogP contribution in [0.1, 0.15) is 35.9 Å². The van der Waals surface area contributed by atoms with E-state index < -0.39 is 5.54 Å². The number of benzene rings is 1. The quantitative estimate of drug-likeness (QED) is 0.738. The van der Waals surface area contributed by atoms with Gasteiger partial charge in [-0.1, -0.05) is 19.1 Å². The predicted molar refractivity (Wildman–Crippen MR) is 105 cm³/mol. The van der Waals surface area contributed by atoms with E-state index in [9.17, 15) is 9.59 Å². The Morgan fingerprint density at radius 1 is 1.20 bits per heavy atom. The van der Waals surface area contributed by atoms with Gasteiger partial charge in [-0.15, -0.1) is 23.7 Å². The zero-order chi connectivity index (χ0) is 17.0. The van der Waals surface area contributed by atoms with Crippen LogP contribution in [0.4, 0.5) is 11.4 Å². The highest BCUT2D eigenvalue weighted by Gasteiger charge is 2.39. The second-order valence-corrected chi connectivity index (χ2v) is 6.88. The molecule has 25 heavy (non-hydrogen) atoms. The van der Waals surface area contributed by atoms with Crippen LogP contribution in [0.3, 0.4) is 0 Å². The van der Waals surface area contributed by atoms with E-state index in [4.69, 9.17) is 0 Å². The molecule has 1 atom stereocenters. The highest BCUT2D eigenvalue weighted by Crippen LogP contribution is 2.25. The minimum absolute atomic E-state index is 0. The zero-order valence-corrected chi connectivity index (χ0v) is 15.6. The van der Waals surface area contributed by atoms with Gasteiger partial charge in [-0.3, -0.25) is 9.59 Å². The third-order valence-corrected chi connectivity index (χ3v) is 5.27. The van der Waals surface area contributed by atoms with Gasteiger partial charge in [-0.25, -0.2) is 0 Å². The molecule has 0 spiro atoms. The van der Waals surface area contributed by atoms with Crippen LogP contribution in [0, 0.1) is 0 Å².